The molecule has 1 aliphatic heterocycles. The van der Waals surface area contributed by atoms with Gasteiger partial charge in [0.25, 0.3) is 11.7 Å². The van der Waals surface area contributed by atoms with E-state index in [1.54, 1.807) is 4.90 Å². The average molecular weight is 293 g/mol. The van der Waals surface area contributed by atoms with Crippen LogP contribution in [0.5, 0.6) is 0 Å². The fourth-order valence-electron chi connectivity index (χ4n) is 2.25. The van der Waals surface area contributed by atoms with Crippen molar-refractivity contribution in [1.29, 1.82) is 0 Å². The molecule has 0 radical (unpaired) electrons. The Balaban J connectivity index is 1.65. The number of benzene rings is 1. The maximum atomic E-state index is 12.1. The number of hydrogen-bond donors (Lipinski definition) is 1. The summed E-state index contributed by atoms with van der Waals surface area (Å²) in [5.74, 6) is -0.0891. The third-order valence-electron chi connectivity index (χ3n) is 3.30. The number of hydrogen-bond acceptors (Lipinski definition) is 5. The highest BCUT2D eigenvalue weighted by atomic mass is 35.5. The molecule has 0 saturated carbocycles. The Bertz CT molecular complexity index is 594. The first-order valence-corrected chi connectivity index (χ1v) is 6.65. The summed E-state index contributed by atoms with van der Waals surface area (Å²) in [6.07, 6.45) is 0. The minimum atomic E-state index is -0.197. The SMILES string of the molecule is O=C(c1nn[nH]n1)N1CCN(c2ccccc2Cl)CC1. The van der Waals surface area contributed by atoms with E-state index in [2.05, 4.69) is 25.5 Å². The molecular formula is C12H13ClN6O. The zero-order valence-electron chi connectivity index (χ0n) is 10.7. The number of anilines is 1. The second-order valence-electron chi connectivity index (χ2n) is 4.47. The predicted octanol–water partition coefficient (Wildman–Crippen LogP) is 0.815. The van der Waals surface area contributed by atoms with Crippen LogP contribution in [0, 0.1) is 0 Å². The molecule has 0 bridgehead atoms. The molecule has 20 heavy (non-hydrogen) atoms. The summed E-state index contributed by atoms with van der Waals surface area (Å²) in [6.45, 7) is 2.68. The van der Waals surface area contributed by atoms with Crippen molar-refractivity contribution in [2.24, 2.45) is 0 Å². The molecule has 1 fully saturated rings. The zero-order valence-corrected chi connectivity index (χ0v) is 11.4. The number of piperazine rings is 1. The fraction of sp³-hybridized carbons (Fsp3) is 0.333. The summed E-state index contributed by atoms with van der Waals surface area (Å²) < 4.78 is 0. The van der Waals surface area contributed by atoms with Crippen LogP contribution < -0.4 is 4.90 Å². The van der Waals surface area contributed by atoms with Crippen molar-refractivity contribution in [3.8, 4) is 0 Å². The standard InChI is InChI=1S/C12H13ClN6O/c13-9-3-1-2-4-10(9)18-5-7-19(8-6-18)12(20)11-14-16-17-15-11/h1-4H,5-8H2,(H,14,15,16,17). The summed E-state index contributed by atoms with van der Waals surface area (Å²) in [5.41, 5.74) is 1.00. The van der Waals surface area contributed by atoms with E-state index in [1.165, 1.54) is 0 Å². The minimum Gasteiger partial charge on any atom is -0.367 e. The molecule has 0 spiro atoms. The molecule has 1 aromatic carbocycles. The maximum absolute atomic E-state index is 12.1. The summed E-state index contributed by atoms with van der Waals surface area (Å²) in [4.78, 5) is 16.0. The van der Waals surface area contributed by atoms with Gasteiger partial charge in [0.15, 0.2) is 0 Å². The normalized spacial score (nSPS) is 15.4. The number of carbonyl (C=O) groups is 1. The number of rotatable bonds is 2. The van der Waals surface area contributed by atoms with Crippen LogP contribution in [0.1, 0.15) is 10.6 Å². The van der Waals surface area contributed by atoms with Crippen molar-refractivity contribution in [3.05, 3.63) is 35.1 Å². The second-order valence-corrected chi connectivity index (χ2v) is 4.87. The number of amides is 1. The van der Waals surface area contributed by atoms with Gasteiger partial charge in [-0.3, -0.25) is 4.79 Å². The van der Waals surface area contributed by atoms with Gasteiger partial charge in [0.05, 0.1) is 10.7 Å². The highest BCUT2D eigenvalue weighted by Gasteiger charge is 2.25. The van der Waals surface area contributed by atoms with Gasteiger partial charge >= 0.3 is 0 Å². The lowest BCUT2D eigenvalue weighted by Crippen LogP contribution is -2.49. The first-order chi connectivity index (χ1) is 9.75. The highest BCUT2D eigenvalue weighted by Crippen LogP contribution is 2.26. The molecule has 3 rings (SSSR count). The number of aromatic amines is 1. The Morgan fingerprint density at radius 3 is 2.60 bits per heavy atom. The molecule has 0 aliphatic carbocycles. The number of para-hydroxylation sites is 1. The van der Waals surface area contributed by atoms with E-state index in [0.717, 1.165) is 23.8 Å². The van der Waals surface area contributed by atoms with Crippen molar-refractivity contribution in [3.63, 3.8) is 0 Å². The van der Waals surface area contributed by atoms with Crippen LogP contribution in [0.4, 0.5) is 5.69 Å². The van der Waals surface area contributed by atoms with E-state index < -0.39 is 0 Å². The number of halogens is 1. The zero-order chi connectivity index (χ0) is 13.9. The quantitative estimate of drug-likeness (QED) is 0.886. The van der Waals surface area contributed by atoms with E-state index >= 15 is 0 Å². The summed E-state index contributed by atoms with van der Waals surface area (Å²) in [7, 11) is 0. The molecule has 1 aromatic heterocycles. The number of nitrogens with one attached hydrogen (secondary N) is 1. The van der Waals surface area contributed by atoms with Gasteiger partial charge in [-0.25, -0.2) is 0 Å². The van der Waals surface area contributed by atoms with Gasteiger partial charge in [-0.15, -0.1) is 10.2 Å². The lowest BCUT2D eigenvalue weighted by Gasteiger charge is -2.35. The van der Waals surface area contributed by atoms with E-state index in [0.29, 0.717) is 13.1 Å². The van der Waals surface area contributed by atoms with Gasteiger partial charge in [0.1, 0.15) is 0 Å². The highest BCUT2D eigenvalue weighted by molar-refractivity contribution is 6.33. The number of aromatic nitrogens is 4. The Labute approximate surface area is 120 Å². The van der Waals surface area contributed by atoms with E-state index in [4.69, 9.17) is 11.6 Å². The largest absolute Gasteiger partial charge is 0.367 e. The monoisotopic (exact) mass is 292 g/mol. The topological polar surface area (TPSA) is 78.0 Å². The van der Waals surface area contributed by atoms with Crippen molar-refractivity contribution in [2.75, 3.05) is 31.1 Å². The number of tetrazole rings is 1. The molecule has 0 unspecified atom stereocenters. The van der Waals surface area contributed by atoms with Gasteiger partial charge in [-0.1, -0.05) is 23.7 Å². The smallest absolute Gasteiger partial charge is 0.295 e. The Morgan fingerprint density at radius 1 is 1.20 bits per heavy atom. The van der Waals surface area contributed by atoms with Crippen LogP contribution in [0.15, 0.2) is 24.3 Å². The summed E-state index contributed by atoms with van der Waals surface area (Å²) >= 11 is 6.18. The van der Waals surface area contributed by atoms with Crippen LogP contribution in [-0.2, 0) is 0 Å². The summed E-state index contributed by atoms with van der Waals surface area (Å²) in [6, 6.07) is 7.71. The molecule has 7 nitrogen and oxygen atoms in total. The third kappa shape index (κ3) is 2.44. The van der Waals surface area contributed by atoms with Gasteiger partial charge < -0.3 is 9.80 Å². The molecular weight excluding hydrogens is 280 g/mol. The van der Waals surface area contributed by atoms with Crippen LogP contribution in [0.3, 0.4) is 0 Å². The Kier molecular flexibility index (Phi) is 3.51. The van der Waals surface area contributed by atoms with Crippen LogP contribution in [-0.4, -0.2) is 57.6 Å². The van der Waals surface area contributed by atoms with Crippen molar-refractivity contribution in [2.45, 2.75) is 0 Å². The first-order valence-electron chi connectivity index (χ1n) is 6.28. The average Bonchev–Trinajstić information content (AvgIpc) is 3.01. The number of carbonyl (C=O) groups excluding carboxylic acids is 1. The minimum absolute atomic E-state index is 0.108. The van der Waals surface area contributed by atoms with Gasteiger partial charge in [-0.05, 0) is 17.3 Å². The van der Waals surface area contributed by atoms with Crippen LogP contribution in [0.2, 0.25) is 5.02 Å². The molecule has 104 valence electrons. The van der Waals surface area contributed by atoms with E-state index in [1.807, 2.05) is 24.3 Å². The van der Waals surface area contributed by atoms with Crippen LogP contribution >= 0.6 is 11.6 Å². The first kappa shape index (κ1) is 12.9. The van der Waals surface area contributed by atoms with Crippen molar-refractivity contribution >= 4 is 23.2 Å². The molecule has 1 saturated heterocycles. The molecule has 1 amide bonds. The van der Waals surface area contributed by atoms with E-state index in [9.17, 15) is 4.79 Å². The lowest BCUT2D eigenvalue weighted by molar-refractivity contribution is 0.0734. The number of H-pyrrole nitrogens is 1. The maximum Gasteiger partial charge on any atom is 0.295 e. The van der Waals surface area contributed by atoms with Gasteiger partial charge in [0.2, 0.25) is 0 Å². The molecule has 1 aliphatic rings. The number of nitrogens with zero attached hydrogens (tertiary/aromatic N) is 5. The predicted molar refractivity (Wildman–Crippen MR) is 73.7 cm³/mol. The van der Waals surface area contributed by atoms with Gasteiger partial charge in [-0.2, -0.15) is 5.21 Å². The lowest BCUT2D eigenvalue weighted by atomic mass is 10.2. The Hall–Kier alpha value is -2.15. The molecule has 1 N–H and O–H groups in total. The Morgan fingerprint density at radius 2 is 1.95 bits per heavy atom. The van der Waals surface area contributed by atoms with Crippen LogP contribution in [0.25, 0.3) is 0 Å². The molecule has 2 heterocycles. The molecule has 0 atom stereocenters. The van der Waals surface area contributed by atoms with Crippen molar-refractivity contribution < 1.29 is 4.79 Å². The van der Waals surface area contributed by atoms with E-state index in [-0.39, 0.29) is 11.7 Å². The molecule has 2 aromatic rings. The van der Waals surface area contributed by atoms with Crippen molar-refractivity contribution in [1.82, 2.24) is 25.5 Å². The summed E-state index contributed by atoms with van der Waals surface area (Å²) in [5, 5.41) is 13.8. The third-order valence-corrected chi connectivity index (χ3v) is 3.62. The second kappa shape index (κ2) is 5.46. The molecule has 8 heteroatoms. The fourth-order valence-corrected chi connectivity index (χ4v) is 2.51. The van der Waals surface area contributed by atoms with Gasteiger partial charge in [0, 0.05) is 26.2 Å².